The number of alkyl halides is 3. The largest absolute Gasteiger partial charge is 0.417 e. The summed E-state index contributed by atoms with van der Waals surface area (Å²) in [5.41, 5.74) is 1.49. The standard InChI is InChI=1S/C31H38F3N3O/c1-20(2)30(29(38)36-13-11-28-23(19-36)14-24(18-35-28)31(32,33)34)12-10-27(17-30)37-25-8-9-26(37)16-22(15-25)21-6-4-3-5-7-21/h3-7,14,18,20,22,25-27H,8-13,15-17,19H2,1-2H3. The lowest BCUT2D eigenvalue weighted by atomic mass is 9.73. The summed E-state index contributed by atoms with van der Waals surface area (Å²) in [6.45, 7) is 5.05. The van der Waals surface area contributed by atoms with Gasteiger partial charge >= 0.3 is 6.18 Å². The van der Waals surface area contributed by atoms with Crippen molar-refractivity contribution in [1.29, 1.82) is 0 Å². The molecule has 0 N–H and O–H groups in total. The SMILES string of the molecule is CC(C)C1(C(=O)N2CCc3ncc(C(F)(F)F)cc3C2)CCC(N2C3CCC2CC(c2ccccc2)C3)C1. The zero-order valence-electron chi connectivity index (χ0n) is 22.4. The Morgan fingerprint density at radius 2 is 1.76 bits per heavy atom. The maximum absolute atomic E-state index is 14.2. The van der Waals surface area contributed by atoms with Gasteiger partial charge in [0.25, 0.3) is 0 Å². The van der Waals surface area contributed by atoms with E-state index in [-0.39, 0.29) is 18.4 Å². The van der Waals surface area contributed by atoms with Crippen LogP contribution >= 0.6 is 0 Å². The van der Waals surface area contributed by atoms with Crippen molar-refractivity contribution in [1.82, 2.24) is 14.8 Å². The van der Waals surface area contributed by atoms with Crippen LogP contribution in [0.4, 0.5) is 13.2 Å². The van der Waals surface area contributed by atoms with E-state index in [4.69, 9.17) is 0 Å². The maximum atomic E-state index is 14.2. The molecule has 4 atom stereocenters. The average molecular weight is 526 g/mol. The van der Waals surface area contributed by atoms with Crippen LogP contribution in [0.5, 0.6) is 0 Å². The van der Waals surface area contributed by atoms with E-state index in [1.165, 1.54) is 37.3 Å². The van der Waals surface area contributed by atoms with Crippen LogP contribution in [0.15, 0.2) is 42.6 Å². The molecule has 1 saturated carbocycles. The van der Waals surface area contributed by atoms with Crippen LogP contribution in [0.2, 0.25) is 0 Å². The lowest BCUT2D eigenvalue weighted by molar-refractivity contribution is -0.146. The molecule has 1 aliphatic carbocycles. The highest BCUT2D eigenvalue weighted by Gasteiger charge is 2.54. The van der Waals surface area contributed by atoms with Crippen LogP contribution in [0.25, 0.3) is 0 Å². The number of nitrogens with zero attached hydrogens (tertiary/aromatic N) is 3. The lowest BCUT2D eigenvalue weighted by Crippen LogP contribution is -2.50. The van der Waals surface area contributed by atoms with E-state index < -0.39 is 17.2 Å². The molecular formula is C31H38F3N3O. The molecule has 7 heteroatoms. The molecule has 0 radical (unpaired) electrons. The molecule has 0 spiro atoms. The molecule has 2 saturated heterocycles. The number of hydrogen-bond donors (Lipinski definition) is 0. The molecule has 38 heavy (non-hydrogen) atoms. The number of aromatic nitrogens is 1. The molecule has 4 nitrogen and oxygen atoms in total. The maximum Gasteiger partial charge on any atom is 0.417 e. The quantitative estimate of drug-likeness (QED) is 0.452. The van der Waals surface area contributed by atoms with Gasteiger partial charge in [0, 0.05) is 49.5 Å². The van der Waals surface area contributed by atoms with Gasteiger partial charge in [0.1, 0.15) is 0 Å². The van der Waals surface area contributed by atoms with E-state index in [2.05, 4.69) is 54.1 Å². The zero-order chi connectivity index (χ0) is 26.7. The topological polar surface area (TPSA) is 36.4 Å². The van der Waals surface area contributed by atoms with Crippen molar-refractivity contribution in [2.75, 3.05) is 6.54 Å². The first-order valence-electron chi connectivity index (χ1n) is 14.3. The minimum Gasteiger partial charge on any atom is -0.337 e. The normalized spacial score (nSPS) is 31.6. The Morgan fingerprint density at radius 1 is 1.05 bits per heavy atom. The molecule has 4 unspecified atom stereocenters. The van der Waals surface area contributed by atoms with Crippen molar-refractivity contribution in [3.8, 4) is 0 Å². The van der Waals surface area contributed by atoms with E-state index in [0.29, 0.717) is 48.3 Å². The second kappa shape index (κ2) is 9.65. The number of pyridine rings is 1. The summed E-state index contributed by atoms with van der Waals surface area (Å²) in [6.07, 6.45) is 4.60. The Kier molecular flexibility index (Phi) is 6.56. The third-order valence-electron chi connectivity index (χ3n) is 10.2. The van der Waals surface area contributed by atoms with Gasteiger partial charge in [0.2, 0.25) is 5.91 Å². The number of carbonyl (C=O) groups is 1. The van der Waals surface area contributed by atoms with Crippen LogP contribution in [0, 0.1) is 11.3 Å². The third kappa shape index (κ3) is 4.44. The minimum absolute atomic E-state index is 0.129. The summed E-state index contributed by atoms with van der Waals surface area (Å²) in [5.74, 6) is 0.927. The second-order valence-electron chi connectivity index (χ2n) is 12.4. The molecule has 3 aliphatic heterocycles. The molecule has 1 aromatic carbocycles. The molecule has 6 rings (SSSR count). The molecule has 1 amide bonds. The van der Waals surface area contributed by atoms with Gasteiger partial charge < -0.3 is 4.90 Å². The molecular weight excluding hydrogens is 487 g/mol. The number of carbonyl (C=O) groups excluding carboxylic acids is 1. The number of fused-ring (bicyclic) bond motifs is 3. The smallest absolute Gasteiger partial charge is 0.337 e. The number of rotatable bonds is 4. The van der Waals surface area contributed by atoms with Crippen LogP contribution in [0.1, 0.15) is 87.1 Å². The van der Waals surface area contributed by atoms with E-state index in [9.17, 15) is 18.0 Å². The average Bonchev–Trinajstić information content (AvgIpc) is 3.46. The summed E-state index contributed by atoms with van der Waals surface area (Å²) < 4.78 is 39.9. The Morgan fingerprint density at radius 3 is 2.42 bits per heavy atom. The van der Waals surface area contributed by atoms with Crippen molar-refractivity contribution in [2.45, 2.75) is 102 Å². The number of halogens is 3. The number of benzene rings is 1. The van der Waals surface area contributed by atoms with E-state index in [1.807, 2.05) is 4.90 Å². The highest BCUT2D eigenvalue weighted by molar-refractivity contribution is 5.83. The molecule has 4 aliphatic rings. The first-order valence-corrected chi connectivity index (χ1v) is 14.3. The van der Waals surface area contributed by atoms with Gasteiger partial charge in [-0.15, -0.1) is 0 Å². The van der Waals surface area contributed by atoms with Gasteiger partial charge in [-0.1, -0.05) is 44.2 Å². The van der Waals surface area contributed by atoms with Crippen LogP contribution in [0.3, 0.4) is 0 Å². The van der Waals surface area contributed by atoms with Gasteiger partial charge in [-0.05, 0) is 74.0 Å². The number of piperidine rings is 1. The van der Waals surface area contributed by atoms with E-state index in [1.54, 1.807) is 0 Å². The lowest BCUT2D eigenvalue weighted by Gasteiger charge is -2.44. The first kappa shape index (κ1) is 25.8. The molecule has 2 aromatic rings. The summed E-state index contributed by atoms with van der Waals surface area (Å²) >= 11 is 0. The predicted molar refractivity (Wildman–Crippen MR) is 140 cm³/mol. The molecule has 2 bridgehead atoms. The van der Waals surface area contributed by atoms with Gasteiger partial charge in [-0.3, -0.25) is 14.7 Å². The molecule has 204 valence electrons. The Balaban J connectivity index is 1.18. The van der Waals surface area contributed by atoms with Gasteiger partial charge in [-0.2, -0.15) is 13.2 Å². The summed E-state index contributed by atoms with van der Waals surface area (Å²) in [5, 5.41) is 0. The fourth-order valence-electron chi connectivity index (χ4n) is 8.15. The van der Waals surface area contributed by atoms with Gasteiger partial charge in [0.05, 0.1) is 11.0 Å². The van der Waals surface area contributed by atoms with Crippen LogP contribution in [-0.2, 0) is 23.9 Å². The Hall–Kier alpha value is -2.41. The highest BCUT2D eigenvalue weighted by Crippen LogP contribution is 2.52. The number of amides is 1. The molecule has 3 fully saturated rings. The monoisotopic (exact) mass is 525 g/mol. The Bertz CT molecular complexity index is 1170. The molecule has 1 aromatic heterocycles. The van der Waals surface area contributed by atoms with Gasteiger partial charge in [0.15, 0.2) is 0 Å². The fraction of sp³-hybridized carbons (Fsp3) is 0.613. The van der Waals surface area contributed by atoms with Crippen LogP contribution < -0.4 is 0 Å². The van der Waals surface area contributed by atoms with Crippen LogP contribution in [-0.4, -0.2) is 45.4 Å². The van der Waals surface area contributed by atoms with E-state index >= 15 is 0 Å². The summed E-state index contributed by atoms with van der Waals surface area (Å²) in [6, 6.07) is 13.7. The summed E-state index contributed by atoms with van der Waals surface area (Å²) in [4.78, 5) is 22.9. The predicted octanol–water partition coefficient (Wildman–Crippen LogP) is 6.59. The van der Waals surface area contributed by atoms with Crippen molar-refractivity contribution in [2.24, 2.45) is 11.3 Å². The van der Waals surface area contributed by atoms with Gasteiger partial charge in [-0.25, -0.2) is 0 Å². The third-order valence-corrected chi connectivity index (χ3v) is 10.2. The van der Waals surface area contributed by atoms with E-state index in [0.717, 1.165) is 25.5 Å². The minimum atomic E-state index is -4.43. The number of hydrogen-bond acceptors (Lipinski definition) is 3. The van der Waals surface area contributed by atoms with Crippen molar-refractivity contribution in [3.63, 3.8) is 0 Å². The second-order valence-corrected chi connectivity index (χ2v) is 12.4. The first-order chi connectivity index (χ1) is 18.2. The summed E-state index contributed by atoms with van der Waals surface area (Å²) in [7, 11) is 0. The Labute approximate surface area is 223 Å². The highest BCUT2D eigenvalue weighted by atomic mass is 19.4. The van der Waals surface area contributed by atoms with Crippen molar-refractivity contribution < 1.29 is 18.0 Å². The fourth-order valence-corrected chi connectivity index (χ4v) is 8.15. The van der Waals surface area contributed by atoms with Crippen molar-refractivity contribution >= 4 is 5.91 Å². The molecule has 4 heterocycles. The van der Waals surface area contributed by atoms with Crippen molar-refractivity contribution in [3.05, 3.63) is 65.0 Å². The zero-order valence-corrected chi connectivity index (χ0v) is 22.4.